The second-order valence-corrected chi connectivity index (χ2v) is 8.49. The number of aliphatic carboxylic acids is 1. The molecule has 4 heterocycles. The van der Waals surface area contributed by atoms with Crippen LogP contribution in [0, 0.1) is 11.6 Å². The van der Waals surface area contributed by atoms with Crippen molar-refractivity contribution in [3.05, 3.63) is 53.4 Å². The quantitative estimate of drug-likeness (QED) is 0.482. The van der Waals surface area contributed by atoms with Crippen molar-refractivity contribution in [1.82, 2.24) is 19.7 Å². The average molecular weight is 440 g/mol. The van der Waals surface area contributed by atoms with Gasteiger partial charge in [-0.25, -0.2) is 18.6 Å². The maximum Gasteiger partial charge on any atom is 0.332 e. The van der Waals surface area contributed by atoms with Gasteiger partial charge < -0.3 is 14.4 Å². The number of pyridine rings is 1. The summed E-state index contributed by atoms with van der Waals surface area (Å²) in [5.41, 5.74) is 4.45. The van der Waals surface area contributed by atoms with E-state index in [0.717, 1.165) is 33.7 Å². The van der Waals surface area contributed by atoms with Gasteiger partial charge >= 0.3 is 5.97 Å². The molecule has 0 spiro atoms. The average Bonchev–Trinajstić information content (AvgIpc) is 3.36. The Balaban J connectivity index is 1.78. The summed E-state index contributed by atoms with van der Waals surface area (Å²) in [5.74, 6) is -2.85. The number of hydrogen-bond donors (Lipinski definition) is 2. The van der Waals surface area contributed by atoms with E-state index in [-0.39, 0.29) is 18.4 Å². The van der Waals surface area contributed by atoms with Crippen LogP contribution in [0.5, 0.6) is 0 Å². The summed E-state index contributed by atoms with van der Waals surface area (Å²) >= 11 is 0. The zero-order valence-electron chi connectivity index (χ0n) is 17.6. The Bertz CT molecular complexity index is 1340. The number of nitrogens with one attached hydrogen (secondary N) is 1. The minimum absolute atomic E-state index is 0.0287. The SMILES string of the molecule is CC(C)c1c([C@H]2CC[C@H](C(=O)O)OC2)c2nc3[nH]ncc3cc2n1-c1ccc(F)c(F)c1. The van der Waals surface area contributed by atoms with Gasteiger partial charge in [0.15, 0.2) is 23.4 Å². The normalized spacial score (nSPS) is 19.3. The molecule has 0 radical (unpaired) electrons. The number of carboxylic acids is 1. The molecule has 9 heteroatoms. The van der Waals surface area contributed by atoms with E-state index in [1.807, 2.05) is 24.5 Å². The van der Waals surface area contributed by atoms with Gasteiger partial charge in [0.2, 0.25) is 0 Å². The van der Waals surface area contributed by atoms with Crippen LogP contribution in [-0.2, 0) is 9.53 Å². The number of aromatic amines is 1. The zero-order chi connectivity index (χ0) is 22.6. The number of ether oxygens (including phenoxy) is 1. The van der Waals surface area contributed by atoms with Crippen LogP contribution in [0.4, 0.5) is 8.78 Å². The van der Waals surface area contributed by atoms with Crippen LogP contribution in [0.1, 0.15) is 49.8 Å². The van der Waals surface area contributed by atoms with Crippen LogP contribution in [0.15, 0.2) is 30.5 Å². The van der Waals surface area contributed by atoms with E-state index >= 15 is 0 Å². The molecule has 1 aromatic carbocycles. The van der Waals surface area contributed by atoms with Gasteiger partial charge in [0.25, 0.3) is 0 Å². The van der Waals surface area contributed by atoms with E-state index < -0.39 is 23.7 Å². The molecule has 1 saturated heterocycles. The van der Waals surface area contributed by atoms with E-state index in [0.29, 0.717) is 24.2 Å². The molecule has 7 nitrogen and oxygen atoms in total. The van der Waals surface area contributed by atoms with Gasteiger partial charge in [-0.15, -0.1) is 0 Å². The van der Waals surface area contributed by atoms with Crippen LogP contribution < -0.4 is 0 Å². The fourth-order valence-electron chi connectivity index (χ4n) is 4.66. The van der Waals surface area contributed by atoms with Crippen molar-refractivity contribution in [3.63, 3.8) is 0 Å². The molecular weight excluding hydrogens is 418 g/mol. The van der Waals surface area contributed by atoms with Crippen LogP contribution in [0.2, 0.25) is 0 Å². The molecule has 1 aliphatic rings. The molecule has 166 valence electrons. The molecule has 4 aromatic rings. The highest BCUT2D eigenvalue weighted by Crippen LogP contribution is 2.41. The minimum atomic E-state index is -0.964. The summed E-state index contributed by atoms with van der Waals surface area (Å²) in [6.45, 7) is 4.31. The van der Waals surface area contributed by atoms with Crippen molar-refractivity contribution >= 4 is 28.0 Å². The van der Waals surface area contributed by atoms with Gasteiger partial charge in [0.05, 0.1) is 23.8 Å². The number of hydrogen-bond acceptors (Lipinski definition) is 4. The number of carboxylic acid groups (broad SMARTS) is 1. The molecule has 0 bridgehead atoms. The lowest BCUT2D eigenvalue weighted by Gasteiger charge is -2.28. The molecular formula is C23H22F2N4O3. The Morgan fingerprint density at radius 3 is 2.72 bits per heavy atom. The zero-order valence-corrected chi connectivity index (χ0v) is 17.6. The molecule has 5 rings (SSSR count). The summed E-state index contributed by atoms with van der Waals surface area (Å²) in [6.07, 6.45) is 1.86. The van der Waals surface area contributed by atoms with Crippen molar-refractivity contribution < 1.29 is 23.4 Å². The number of fused-ring (bicyclic) bond motifs is 2. The number of rotatable bonds is 4. The maximum absolute atomic E-state index is 14.2. The third-order valence-corrected chi connectivity index (χ3v) is 6.09. The molecule has 2 N–H and O–H groups in total. The lowest BCUT2D eigenvalue weighted by atomic mass is 9.88. The molecule has 3 aromatic heterocycles. The Morgan fingerprint density at radius 2 is 2.06 bits per heavy atom. The summed E-state index contributed by atoms with van der Waals surface area (Å²) in [4.78, 5) is 16.1. The second-order valence-electron chi connectivity index (χ2n) is 8.49. The van der Waals surface area contributed by atoms with Crippen LogP contribution in [0.3, 0.4) is 0 Å². The second kappa shape index (κ2) is 7.67. The number of benzene rings is 1. The van der Waals surface area contributed by atoms with Gasteiger partial charge in [0, 0.05) is 34.3 Å². The van der Waals surface area contributed by atoms with Crippen molar-refractivity contribution in [2.24, 2.45) is 0 Å². The number of H-pyrrole nitrogens is 1. The molecule has 0 amide bonds. The smallest absolute Gasteiger partial charge is 0.332 e. The van der Waals surface area contributed by atoms with E-state index in [2.05, 4.69) is 10.2 Å². The van der Waals surface area contributed by atoms with E-state index in [1.165, 1.54) is 6.07 Å². The number of carbonyl (C=O) groups is 1. The lowest BCUT2D eigenvalue weighted by molar-refractivity contribution is -0.153. The van der Waals surface area contributed by atoms with Gasteiger partial charge in [-0.2, -0.15) is 5.10 Å². The first-order valence-corrected chi connectivity index (χ1v) is 10.5. The summed E-state index contributed by atoms with van der Waals surface area (Å²) in [5, 5.41) is 17.0. The summed E-state index contributed by atoms with van der Waals surface area (Å²) in [6, 6.07) is 5.78. The fourth-order valence-corrected chi connectivity index (χ4v) is 4.66. The summed E-state index contributed by atoms with van der Waals surface area (Å²) in [7, 11) is 0. The maximum atomic E-state index is 14.2. The highest BCUT2D eigenvalue weighted by Gasteiger charge is 2.33. The minimum Gasteiger partial charge on any atom is -0.479 e. The van der Waals surface area contributed by atoms with Crippen molar-refractivity contribution in [3.8, 4) is 5.69 Å². The standard InChI is InChI=1S/C23H22F2N4O3/c1-11(2)21-19(12-3-6-18(23(30)31)32-10-12)20-17(7-13-9-26-28-22(13)27-20)29(21)14-4-5-15(24)16(25)8-14/h4-5,7-9,11-12,18H,3,6,10H2,1-2H3,(H,30,31)(H,26,27,28)/t12-,18+/m0/s1. The summed E-state index contributed by atoms with van der Waals surface area (Å²) < 4.78 is 35.4. The molecule has 1 fully saturated rings. The van der Waals surface area contributed by atoms with Crippen molar-refractivity contribution in [1.29, 1.82) is 0 Å². The first-order valence-electron chi connectivity index (χ1n) is 10.5. The van der Waals surface area contributed by atoms with Gasteiger partial charge in [-0.3, -0.25) is 5.10 Å². The van der Waals surface area contributed by atoms with Crippen LogP contribution in [-0.4, -0.2) is 43.5 Å². The number of nitrogens with zero attached hydrogens (tertiary/aromatic N) is 3. The molecule has 0 saturated carbocycles. The topological polar surface area (TPSA) is 93.0 Å². The molecule has 0 unspecified atom stereocenters. The fraction of sp³-hybridized carbons (Fsp3) is 0.348. The molecule has 0 aliphatic carbocycles. The predicted molar refractivity (Wildman–Crippen MR) is 114 cm³/mol. The van der Waals surface area contributed by atoms with Crippen LogP contribution >= 0.6 is 0 Å². The monoisotopic (exact) mass is 440 g/mol. The Morgan fingerprint density at radius 1 is 1.25 bits per heavy atom. The van der Waals surface area contributed by atoms with E-state index in [9.17, 15) is 18.7 Å². The highest BCUT2D eigenvalue weighted by atomic mass is 19.2. The van der Waals surface area contributed by atoms with Gasteiger partial charge in [0.1, 0.15) is 0 Å². The third kappa shape index (κ3) is 3.24. The number of halogens is 2. The largest absolute Gasteiger partial charge is 0.479 e. The lowest BCUT2D eigenvalue weighted by Crippen LogP contribution is -2.31. The molecule has 32 heavy (non-hydrogen) atoms. The Hall–Kier alpha value is -3.33. The van der Waals surface area contributed by atoms with Gasteiger partial charge in [-0.05, 0) is 37.0 Å². The van der Waals surface area contributed by atoms with E-state index in [4.69, 9.17) is 9.72 Å². The predicted octanol–water partition coefficient (Wildman–Crippen LogP) is 4.65. The van der Waals surface area contributed by atoms with Crippen LogP contribution in [0.25, 0.3) is 27.8 Å². The van der Waals surface area contributed by atoms with Crippen molar-refractivity contribution in [2.75, 3.05) is 6.61 Å². The highest BCUT2D eigenvalue weighted by molar-refractivity contribution is 5.93. The Labute approximate surface area is 182 Å². The Kier molecular flexibility index (Phi) is 4.93. The third-order valence-electron chi connectivity index (χ3n) is 6.09. The first kappa shape index (κ1) is 20.6. The van der Waals surface area contributed by atoms with E-state index in [1.54, 1.807) is 12.3 Å². The van der Waals surface area contributed by atoms with Crippen molar-refractivity contribution in [2.45, 2.75) is 44.6 Å². The number of aromatic nitrogens is 4. The van der Waals surface area contributed by atoms with Gasteiger partial charge in [-0.1, -0.05) is 13.8 Å². The molecule has 1 aliphatic heterocycles. The molecule has 2 atom stereocenters. The first-order chi connectivity index (χ1) is 15.3.